The van der Waals surface area contributed by atoms with Gasteiger partial charge in [0.15, 0.2) is 11.5 Å². The maximum absolute atomic E-state index is 11.9. The number of amidine groups is 1. The number of aliphatic imine (C=N–C) groups is 1. The van der Waals surface area contributed by atoms with Crippen LogP contribution in [0.3, 0.4) is 0 Å². The van der Waals surface area contributed by atoms with Crippen molar-refractivity contribution >= 4 is 34.6 Å². The van der Waals surface area contributed by atoms with E-state index in [1.807, 2.05) is 20.0 Å². The Morgan fingerprint density at radius 1 is 1.19 bits per heavy atom. The molecular formula is C18H20N4O4S. The lowest BCUT2D eigenvalue weighted by Gasteiger charge is -2.12. The molecule has 0 atom stereocenters. The van der Waals surface area contributed by atoms with Crippen LogP contribution in [0.1, 0.15) is 11.3 Å². The fourth-order valence-electron chi connectivity index (χ4n) is 2.57. The van der Waals surface area contributed by atoms with Crippen molar-refractivity contribution in [3.05, 3.63) is 34.5 Å². The molecule has 1 fully saturated rings. The van der Waals surface area contributed by atoms with Crippen LogP contribution in [0.4, 0.5) is 10.5 Å². The normalized spacial score (nSPS) is 16.7. The lowest BCUT2D eigenvalue weighted by atomic mass is 10.2. The smallest absolute Gasteiger partial charge is 0.289 e. The number of benzene rings is 1. The number of rotatable bonds is 5. The minimum absolute atomic E-state index is 0.186. The van der Waals surface area contributed by atoms with Crippen molar-refractivity contribution < 1.29 is 19.0 Å². The number of carbonyl (C=O) groups is 1. The van der Waals surface area contributed by atoms with Gasteiger partial charge in [0, 0.05) is 30.4 Å². The summed E-state index contributed by atoms with van der Waals surface area (Å²) in [7, 11) is 6.49. The van der Waals surface area contributed by atoms with E-state index in [9.17, 15) is 4.79 Å². The van der Waals surface area contributed by atoms with E-state index in [1.54, 1.807) is 23.0 Å². The number of hydrogen-bond acceptors (Lipinski definition) is 7. The first kappa shape index (κ1) is 18.8. The molecule has 0 spiro atoms. The Hall–Kier alpha value is -2.94. The first-order valence-corrected chi connectivity index (χ1v) is 8.86. The van der Waals surface area contributed by atoms with Crippen molar-refractivity contribution in [2.75, 3.05) is 21.3 Å². The van der Waals surface area contributed by atoms with Crippen LogP contribution in [0.5, 0.6) is 17.2 Å². The van der Waals surface area contributed by atoms with Crippen LogP contribution in [0.2, 0.25) is 0 Å². The summed E-state index contributed by atoms with van der Waals surface area (Å²) >= 11 is 1.09. The summed E-state index contributed by atoms with van der Waals surface area (Å²) in [6.07, 6.45) is 3.64. The summed E-state index contributed by atoms with van der Waals surface area (Å²) in [5.41, 5.74) is 2.49. The monoisotopic (exact) mass is 388 g/mol. The molecule has 1 N–H and O–H groups in total. The topological polar surface area (TPSA) is 87.0 Å². The zero-order chi connectivity index (χ0) is 19.6. The van der Waals surface area contributed by atoms with E-state index < -0.39 is 0 Å². The second kappa shape index (κ2) is 7.75. The van der Waals surface area contributed by atoms with Crippen molar-refractivity contribution in [3.63, 3.8) is 0 Å². The van der Waals surface area contributed by atoms with Gasteiger partial charge >= 0.3 is 0 Å². The molecule has 2 heterocycles. The minimum atomic E-state index is -0.186. The van der Waals surface area contributed by atoms with Crippen molar-refractivity contribution in [1.29, 1.82) is 0 Å². The summed E-state index contributed by atoms with van der Waals surface area (Å²) in [6, 6.07) is 3.44. The Bertz CT molecular complexity index is 924. The number of ether oxygens (including phenoxy) is 3. The molecule has 3 rings (SSSR count). The number of aryl methyl sites for hydroxylation is 1. The highest BCUT2D eigenvalue weighted by molar-refractivity contribution is 8.18. The second-order valence-corrected chi connectivity index (χ2v) is 6.69. The highest BCUT2D eigenvalue weighted by atomic mass is 32.2. The molecule has 1 aliphatic heterocycles. The SMILES string of the molecule is COc1cc(N=C2NC(=O)S/C2=C\c2cnn(C)c2C)cc(OC)c1OC. The van der Waals surface area contributed by atoms with Crippen LogP contribution in [0.25, 0.3) is 6.08 Å². The summed E-state index contributed by atoms with van der Waals surface area (Å²) in [6.45, 7) is 1.96. The van der Waals surface area contributed by atoms with Gasteiger partial charge in [-0.25, -0.2) is 4.99 Å². The molecule has 2 aromatic rings. The number of methoxy groups -OCH3 is 3. The summed E-state index contributed by atoms with van der Waals surface area (Å²) in [5.74, 6) is 1.92. The van der Waals surface area contributed by atoms with Crippen molar-refractivity contribution in [2.45, 2.75) is 6.92 Å². The van der Waals surface area contributed by atoms with Crippen LogP contribution in [-0.4, -0.2) is 42.2 Å². The minimum Gasteiger partial charge on any atom is -0.493 e. The van der Waals surface area contributed by atoms with Gasteiger partial charge in [-0.2, -0.15) is 5.10 Å². The standard InChI is InChI=1S/C18H20N4O4S/c1-10-11(9-19-22(10)2)6-15-17(21-18(23)27-15)20-12-7-13(24-3)16(26-5)14(8-12)25-4/h6-9H,1-5H3,(H,20,21,23)/b15-6-. The van der Waals surface area contributed by atoms with Gasteiger partial charge in [0.2, 0.25) is 5.75 Å². The number of hydrogen-bond donors (Lipinski definition) is 1. The number of amides is 1. The predicted octanol–water partition coefficient (Wildman–Crippen LogP) is 3.28. The summed E-state index contributed by atoms with van der Waals surface area (Å²) < 4.78 is 17.8. The molecule has 1 aliphatic rings. The van der Waals surface area contributed by atoms with Gasteiger partial charge in [-0.15, -0.1) is 0 Å². The fraction of sp³-hybridized carbons (Fsp3) is 0.278. The van der Waals surface area contributed by atoms with Crippen LogP contribution in [-0.2, 0) is 7.05 Å². The molecule has 8 nitrogen and oxygen atoms in total. The summed E-state index contributed by atoms with van der Waals surface area (Å²) in [4.78, 5) is 17.2. The zero-order valence-corrected chi connectivity index (χ0v) is 16.5. The quantitative estimate of drug-likeness (QED) is 0.846. The molecular weight excluding hydrogens is 368 g/mol. The molecule has 0 radical (unpaired) electrons. The van der Waals surface area contributed by atoms with Crippen LogP contribution in [0.15, 0.2) is 28.2 Å². The molecule has 0 saturated carbocycles. The highest BCUT2D eigenvalue weighted by Crippen LogP contribution is 2.41. The molecule has 1 aromatic heterocycles. The number of nitrogens with zero attached hydrogens (tertiary/aromatic N) is 3. The van der Waals surface area contributed by atoms with E-state index in [1.165, 1.54) is 21.3 Å². The van der Waals surface area contributed by atoms with E-state index in [4.69, 9.17) is 14.2 Å². The fourth-order valence-corrected chi connectivity index (χ4v) is 3.30. The Labute approximate surface area is 161 Å². The third-order valence-electron chi connectivity index (χ3n) is 4.11. The third kappa shape index (κ3) is 3.77. The van der Waals surface area contributed by atoms with Crippen LogP contribution in [0, 0.1) is 6.92 Å². The average molecular weight is 388 g/mol. The van der Waals surface area contributed by atoms with Gasteiger partial charge in [-0.3, -0.25) is 9.48 Å². The Morgan fingerprint density at radius 3 is 2.37 bits per heavy atom. The van der Waals surface area contributed by atoms with Crippen LogP contribution < -0.4 is 19.5 Å². The second-order valence-electron chi connectivity index (χ2n) is 5.68. The molecule has 27 heavy (non-hydrogen) atoms. The maximum atomic E-state index is 11.9. The lowest BCUT2D eigenvalue weighted by molar-refractivity contribution is 0.265. The first-order chi connectivity index (χ1) is 13.0. The largest absolute Gasteiger partial charge is 0.493 e. The molecule has 0 aliphatic carbocycles. The van der Waals surface area contributed by atoms with E-state index >= 15 is 0 Å². The summed E-state index contributed by atoms with van der Waals surface area (Å²) in [5, 5.41) is 6.80. The van der Waals surface area contributed by atoms with E-state index in [0.717, 1.165) is 23.0 Å². The zero-order valence-electron chi connectivity index (χ0n) is 15.7. The maximum Gasteiger partial charge on any atom is 0.289 e. The molecule has 0 unspecified atom stereocenters. The van der Waals surface area contributed by atoms with E-state index in [0.29, 0.717) is 33.7 Å². The van der Waals surface area contributed by atoms with Gasteiger partial charge < -0.3 is 19.5 Å². The molecule has 1 saturated heterocycles. The molecule has 0 bridgehead atoms. The van der Waals surface area contributed by atoms with E-state index in [2.05, 4.69) is 15.4 Å². The lowest BCUT2D eigenvalue weighted by Crippen LogP contribution is -2.18. The Morgan fingerprint density at radius 2 is 1.85 bits per heavy atom. The predicted molar refractivity (Wildman–Crippen MR) is 105 cm³/mol. The van der Waals surface area contributed by atoms with Gasteiger partial charge in [0.05, 0.1) is 38.1 Å². The molecule has 1 amide bonds. The van der Waals surface area contributed by atoms with Gasteiger partial charge in [-0.05, 0) is 24.8 Å². The first-order valence-electron chi connectivity index (χ1n) is 8.05. The Balaban J connectivity index is 2.04. The van der Waals surface area contributed by atoms with Crippen molar-refractivity contribution in [1.82, 2.24) is 15.1 Å². The van der Waals surface area contributed by atoms with Gasteiger partial charge in [-0.1, -0.05) is 0 Å². The molecule has 1 aromatic carbocycles. The number of aromatic nitrogens is 2. The highest BCUT2D eigenvalue weighted by Gasteiger charge is 2.24. The van der Waals surface area contributed by atoms with Crippen LogP contribution >= 0.6 is 11.8 Å². The third-order valence-corrected chi connectivity index (χ3v) is 4.93. The molecule has 142 valence electrons. The van der Waals surface area contributed by atoms with Crippen molar-refractivity contribution in [3.8, 4) is 17.2 Å². The van der Waals surface area contributed by atoms with Crippen molar-refractivity contribution in [2.24, 2.45) is 12.0 Å². The average Bonchev–Trinajstić information content (AvgIpc) is 3.17. The number of nitrogens with one attached hydrogen (secondary N) is 1. The number of carbonyl (C=O) groups excluding carboxylic acids is 1. The van der Waals surface area contributed by atoms with E-state index in [-0.39, 0.29) is 5.24 Å². The Kier molecular flexibility index (Phi) is 5.41. The number of thioether (sulfide) groups is 1. The molecule has 9 heteroatoms. The van der Waals surface area contributed by atoms with Gasteiger partial charge in [0.1, 0.15) is 5.84 Å². The van der Waals surface area contributed by atoms with Gasteiger partial charge in [0.25, 0.3) is 5.24 Å².